The van der Waals surface area contributed by atoms with Crippen molar-refractivity contribution in [3.8, 4) is 22.9 Å². The Morgan fingerprint density at radius 2 is 1.67 bits per heavy atom. The Morgan fingerprint density at radius 1 is 0.890 bits per heavy atom. The van der Waals surface area contributed by atoms with E-state index in [0.717, 1.165) is 85.5 Å². The molecular weight excluding hydrogens is 939 g/mol. The number of halogens is 2. The summed E-state index contributed by atoms with van der Waals surface area (Å²) >= 11 is 0. The number of hydrogen-bond acceptors (Lipinski definition) is 13. The van der Waals surface area contributed by atoms with E-state index in [2.05, 4.69) is 41.4 Å². The lowest BCUT2D eigenvalue weighted by Crippen LogP contribution is -2.62. The van der Waals surface area contributed by atoms with Crippen molar-refractivity contribution in [3.05, 3.63) is 107 Å². The highest BCUT2D eigenvalue weighted by atomic mass is 19.1. The van der Waals surface area contributed by atoms with Crippen LogP contribution in [0.25, 0.3) is 16.6 Å². The van der Waals surface area contributed by atoms with Crippen LogP contribution in [0.1, 0.15) is 77.3 Å². The number of carbonyl (C=O) groups excluding carboxylic acids is 5. The van der Waals surface area contributed by atoms with Crippen LogP contribution in [0.15, 0.2) is 73.2 Å². The van der Waals surface area contributed by atoms with Crippen LogP contribution >= 0.6 is 0 Å². The number of nitrogens with zero attached hydrogens (tertiary/aromatic N) is 10. The van der Waals surface area contributed by atoms with Gasteiger partial charge in [-0.2, -0.15) is 10.4 Å². The summed E-state index contributed by atoms with van der Waals surface area (Å²) in [5, 5.41) is 19.6. The van der Waals surface area contributed by atoms with Crippen molar-refractivity contribution in [1.29, 1.82) is 5.26 Å². The third-order valence-electron chi connectivity index (χ3n) is 15.0. The lowest BCUT2D eigenvalue weighted by atomic mass is 9.86. The van der Waals surface area contributed by atoms with Crippen LogP contribution in [0.3, 0.4) is 0 Å². The first-order valence-electron chi connectivity index (χ1n) is 25.2. The average Bonchev–Trinajstić information content (AvgIpc) is 3.97. The average molecular weight is 997 g/mol. The van der Waals surface area contributed by atoms with Crippen LogP contribution < -0.4 is 25.2 Å². The molecule has 18 nitrogen and oxygen atoms in total. The lowest BCUT2D eigenvalue weighted by molar-refractivity contribution is -0.137. The van der Waals surface area contributed by atoms with E-state index < -0.39 is 35.0 Å². The van der Waals surface area contributed by atoms with Gasteiger partial charge in [0.1, 0.15) is 35.3 Å². The number of carbonyl (C=O) groups is 5. The van der Waals surface area contributed by atoms with Crippen LogP contribution in [0.2, 0.25) is 0 Å². The van der Waals surface area contributed by atoms with E-state index in [4.69, 9.17) is 9.72 Å². The van der Waals surface area contributed by atoms with E-state index in [1.165, 1.54) is 6.20 Å². The molecule has 0 spiro atoms. The summed E-state index contributed by atoms with van der Waals surface area (Å²) < 4.78 is 36.6. The number of nitrogens with one attached hydrogen (secondary N) is 2. The zero-order valence-corrected chi connectivity index (χ0v) is 40.8. The molecule has 0 bridgehead atoms. The number of amides is 5. The maximum atomic E-state index is 14.9. The Labute approximate surface area is 421 Å². The third-order valence-corrected chi connectivity index (χ3v) is 15.0. The van der Waals surface area contributed by atoms with Crippen LogP contribution in [0.4, 0.5) is 20.3 Å². The Morgan fingerprint density at radius 3 is 2.40 bits per heavy atom. The van der Waals surface area contributed by atoms with Crippen LogP contribution in [0.5, 0.6) is 5.75 Å². The highest BCUT2D eigenvalue weighted by Crippen LogP contribution is 2.34. The van der Waals surface area contributed by atoms with Crippen molar-refractivity contribution in [1.82, 2.24) is 44.8 Å². The van der Waals surface area contributed by atoms with Crippen molar-refractivity contribution in [2.24, 2.45) is 0 Å². The van der Waals surface area contributed by atoms with Gasteiger partial charge in [-0.25, -0.2) is 18.3 Å². The predicted molar refractivity (Wildman–Crippen MR) is 266 cm³/mol. The molecule has 2 N–H and O–H groups in total. The molecule has 20 heteroatoms. The second-order valence-electron chi connectivity index (χ2n) is 19.6. The van der Waals surface area contributed by atoms with E-state index in [1.807, 2.05) is 48.2 Å². The number of anilines is 2. The maximum absolute atomic E-state index is 14.9. The number of piperazine rings is 2. The summed E-state index contributed by atoms with van der Waals surface area (Å²) in [4.78, 5) is 81.9. The molecule has 1 unspecified atom stereocenters. The second-order valence-corrected chi connectivity index (χ2v) is 19.6. The van der Waals surface area contributed by atoms with Gasteiger partial charge >= 0.3 is 0 Å². The van der Waals surface area contributed by atoms with Crippen LogP contribution in [-0.4, -0.2) is 160 Å². The van der Waals surface area contributed by atoms with Gasteiger partial charge in [-0.1, -0.05) is 0 Å². The van der Waals surface area contributed by atoms with Crippen molar-refractivity contribution >= 4 is 46.6 Å². The number of aromatic nitrogens is 3. The zero-order valence-electron chi connectivity index (χ0n) is 40.8. The van der Waals surface area contributed by atoms with E-state index in [1.54, 1.807) is 21.8 Å². The molecular formula is C53H58F2N12O6. The monoisotopic (exact) mass is 996 g/mol. The number of ether oxygens (including phenoxy) is 1. The number of fused-ring (bicyclic) bond motifs is 2. The molecule has 73 heavy (non-hydrogen) atoms. The maximum Gasteiger partial charge on any atom is 0.255 e. The Balaban J connectivity index is 0.713. The number of imide groups is 1. The van der Waals surface area contributed by atoms with Crippen LogP contribution in [-0.2, 0) is 20.9 Å². The number of pyridine rings is 2. The molecule has 0 radical (unpaired) electrons. The molecule has 380 valence electrons. The minimum Gasteiger partial charge on any atom is -0.492 e. The van der Waals surface area contributed by atoms with Gasteiger partial charge in [-0.3, -0.25) is 39.1 Å². The van der Waals surface area contributed by atoms with E-state index in [9.17, 15) is 38.0 Å². The Hall–Kier alpha value is -7.50. The fraction of sp³-hybridized carbons (Fsp3) is 0.434. The molecule has 8 heterocycles. The fourth-order valence-electron chi connectivity index (χ4n) is 11.0. The summed E-state index contributed by atoms with van der Waals surface area (Å²) in [6, 6.07) is 16.0. The fourth-order valence-corrected chi connectivity index (χ4v) is 11.0. The van der Waals surface area contributed by atoms with Gasteiger partial charge in [0, 0.05) is 120 Å². The molecule has 4 fully saturated rings. The first kappa shape index (κ1) is 49.1. The van der Waals surface area contributed by atoms with Gasteiger partial charge in [0.25, 0.3) is 11.8 Å². The number of piperidine rings is 2. The molecule has 5 amide bonds. The highest BCUT2D eigenvalue weighted by molar-refractivity contribution is 6.05. The molecule has 4 saturated heterocycles. The van der Waals surface area contributed by atoms with Crippen molar-refractivity contribution in [2.45, 2.75) is 63.6 Å². The number of rotatable bonds is 14. The van der Waals surface area contributed by atoms with E-state index in [0.29, 0.717) is 107 Å². The van der Waals surface area contributed by atoms with Crippen molar-refractivity contribution < 1.29 is 37.5 Å². The molecule has 10 rings (SSSR count). The van der Waals surface area contributed by atoms with Gasteiger partial charge in [-0.15, -0.1) is 0 Å². The third kappa shape index (κ3) is 10.4. The quantitative estimate of drug-likeness (QED) is 0.151. The SMILES string of the molecule is CCOc1cc(-c2ccc(N3CCC(CN4CCN(C(=O)CCCN5CCN(c6ccc7c(c6)CN(C6CCC(=O)NC6=O)C7=O)CC5)CC4)(NC(=O)c4cc(F)ccc4F)CC3)nc2)c2c(C#N)cnn2c1. The van der Waals surface area contributed by atoms with Gasteiger partial charge in [-0.05, 0) is 99.3 Å². The first-order valence-corrected chi connectivity index (χ1v) is 25.2. The molecule has 1 atom stereocenters. The summed E-state index contributed by atoms with van der Waals surface area (Å²) in [6.45, 7) is 10.6. The highest BCUT2D eigenvalue weighted by Gasteiger charge is 2.41. The molecule has 2 aromatic carbocycles. The molecule has 3 aromatic heterocycles. The smallest absolute Gasteiger partial charge is 0.255 e. The van der Waals surface area contributed by atoms with Gasteiger partial charge < -0.3 is 29.7 Å². The summed E-state index contributed by atoms with van der Waals surface area (Å²) in [5.74, 6) is -1.65. The van der Waals surface area contributed by atoms with Gasteiger partial charge in [0.2, 0.25) is 17.7 Å². The summed E-state index contributed by atoms with van der Waals surface area (Å²) in [7, 11) is 0. The van der Waals surface area contributed by atoms with E-state index in [-0.39, 0.29) is 29.7 Å². The van der Waals surface area contributed by atoms with Gasteiger partial charge in [0.15, 0.2) is 0 Å². The zero-order chi connectivity index (χ0) is 50.8. The molecule has 0 saturated carbocycles. The molecule has 0 aliphatic carbocycles. The molecule has 5 aliphatic heterocycles. The van der Waals surface area contributed by atoms with Crippen molar-refractivity contribution in [3.63, 3.8) is 0 Å². The molecule has 5 aliphatic rings. The Kier molecular flexibility index (Phi) is 14.1. The minimum atomic E-state index is -0.801. The number of nitriles is 1. The minimum absolute atomic E-state index is 0.107. The number of benzene rings is 2. The Bertz CT molecular complexity index is 2970. The van der Waals surface area contributed by atoms with E-state index >= 15 is 0 Å². The largest absolute Gasteiger partial charge is 0.492 e. The summed E-state index contributed by atoms with van der Waals surface area (Å²) in [6.07, 6.45) is 7.74. The van der Waals surface area contributed by atoms with Crippen LogP contribution in [0, 0.1) is 23.0 Å². The lowest BCUT2D eigenvalue weighted by Gasteiger charge is -2.46. The summed E-state index contributed by atoms with van der Waals surface area (Å²) in [5.41, 5.74) is 4.01. The molecule has 5 aromatic rings. The van der Waals surface area contributed by atoms with Crippen molar-refractivity contribution in [2.75, 3.05) is 94.9 Å². The second kappa shape index (κ2) is 20.9. The predicted octanol–water partition coefficient (Wildman–Crippen LogP) is 4.22. The number of hydrogen-bond donors (Lipinski definition) is 2. The first-order chi connectivity index (χ1) is 35.4. The normalized spacial score (nSPS) is 19.5. The van der Waals surface area contributed by atoms with Gasteiger partial charge in [0.05, 0.1) is 41.2 Å². The standard InChI is InChI=1S/C53H58F2N12O6/c1-2-73-40-28-42(49-37(29-56)31-58-67(49)33-40)35-5-11-46(57-30-35)64-16-13-53(14-17-64,60-50(70)43-27-38(54)6-9-44(43)55)34-62-20-24-65(25-21-62)48(69)4-3-15-61-18-22-63(23-19-61)39-7-8-41-36(26-39)32-66(52(41)72)45-10-12-47(68)59-51(45)71/h5-9,11,26-28,30-31,33,45H,2-4,10,12-25,32,34H2,1H3,(H,60,70)(H,59,68,71). The topological polar surface area (TPSA) is 192 Å².